The minimum absolute atomic E-state index is 0.416. The van der Waals surface area contributed by atoms with Gasteiger partial charge in [-0.05, 0) is 31.1 Å². The predicted octanol–water partition coefficient (Wildman–Crippen LogP) is 2.40. The largest absolute Gasteiger partial charge is 0.303 e. The summed E-state index contributed by atoms with van der Waals surface area (Å²) in [4.78, 5) is 10.6. The molecule has 2 aliphatic rings. The van der Waals surface area contributed by atoms with Gasteiger partial charge in [0, 0.05) is 5.92 Å². The van der Waals surface area contributed by atoms with Crippen LogP contribution in [-0.2, 0) is 4.79 Å². The quantitative estimate of drug-likeness (QED) is 0.527. The van der Waals surface area contributed by atoms with E-state index in [1.807, 2.05) is 0 Å². The molecule has 0 aromatic carbocycles. The van der Waals surface area contributed by atoms with Gasteiger partial charge in [-0.25, -0.2) is 0 Å². The maximum Gasteiger partial charge on any atom is 0.123 e. The van der Waals surface area contributed by atoms with Gasteiger partial charge in [0.15, 0.2) is 0 Å². The Hall–Kier alpha value is -0.330. The summed E-state index contributed by atoms with van der Waals surface area (Å²) in [6.45, 7) is 0. The molecule has 1 nitrogen and oxygen atoms in total. The van der Waals surface area contributed by atoms with Crippen molar-refractivity contribution in [1.82, 2.24) is 0 Å². The molecule has 1 unspecified atom stereocenters. The molecule has 0 heterocycles. The molecule has 2 fully saturated rings. The molecule has 2 rings (SSSR count). The van der Waals surface area contributed by atoms with E-state index in [-0.39, 0.29) is 0 Å². The van der Waals surface area contributed by atoms with Crippen LogP contribution in [0.1, 0.15) is 38.5 Å². The van der Waals surface area contributed by atoms with Gasteiger partial charge in [0.2, 0.25) is 0 Å². The monoisotopic (exact) mass is 152 g/mol. The molecule has 3 atom stereocenters. The van der Waals surface area contributed by atoms with Gasteiger partial charge >= 0.3 is 0 Å². The average Bonchev–Trinajstić information content (AvgIpc) is 2.03. The molecular weight excluding hydrogens is 136 g/mol. The summed E-state index contributed by atoms with van der Waals surface area (Å²) in [6.07, 6.45) is 9.19. The fourth-order valence-corrected chi connectivity index (χ4v) is 2.89. The van der Waals surface area contributed by atoms with Crippen molar-refractivity contribution in [2.45, 2.75) is 38.5 Å². The van der Waals surface area contributed by atoms with E-state index < -0.39 is 0 Å². The molecule has 2 saturated carbocycles. The van der Waals surface area contributed by atoms with Crippen LogP contribution in [0.4, 0.5) is 0 Å². The highest BCUT2D eigenvalue weighted by Crippen LogP contribution is 2.41. The number of aldehydes is 1. The smallest absolute Gasteiger partial charge is 0.123 e. The van der Waals surface area contributed by atoms with Gasteiger partial charge in [0.25, 0.3) is 0 Å². The lowest BCUT2D eigenvalue weighted by Crippen LogP contribution is -2.27. The van der Waals surface area contributed by atoms with Crippen molar-refractivity contribution in [3.05, 3.63) is 0 Å². The third-order valence-electron chi connectivity index (χ3n) is 3.36. The van der Waals surface area contributed by atoms with E-state index >= 15 is 0 Å². The lowest BCUT2D eigenvalue weighted by Gasteiger charge is -2.36. The van der Waals surface area contributed by atoms with Gasteiger partial charge in [-0.1, -0.05) is 19.3 Å². The van der Waals surface area contributed by atoms with Gasteiger partial charge < -0.3 is 4.79 Å². The Balaban J connectivity index is 1.99. The predicted molar refractivity (Wildman–Crippen MR) is 44.2 cm³/mol. The topological polar surface area (TPSA) is 17.1 Å². The molecule has 0 N–H and O–H groups in total. The lowest BCUT2D eigenvalue weighted by molar-refractivity contribution is -0.113. The Kier molecular flexibility index (Phi) is 1.97. The lowest BCUT2D eigenvalue weighted by atomic mass is 9.68. The molecule has 0 aromatic heterocycles. The average molecular weight is 152 g/mol. The fourth-order valence-electron chi connectivity index (χ4n) is 2.89. The van der Waals surface area contributed by atoms with Crippen molar-refractivity contribution in [3.8, 4) is 0 Å². The molecule has 0 aromatic rings. The Morgan fingerprint density at radius 3 is 2.18 bits per heavy atom. The molecule has 0 aliphatic heterocycles. The van der Waals surface area contributed by atoms with Crippen molar-refractivity contribution >= 4 is 6.29 Å². The minimum atomic E-state index is 0.416. The number of fused-ring (bicyclic) bond motifs is 2. The Morgan fingerprint density at radius 1 is 1.00 bits per heavy atom. The zero-order valence-corrected chi connectivity index (χ0v) is 6.96. The van der Waals surface area contributed by atoms with Gasteiger partial charge in [-0.15, -0.1) is 0 Å². The van der Waals surface area contributed by atoms with Crippen molar-refractivity contribution in [3.63, 3.8) is 0 Å². The molecule has 0 saturated heterocycles. The van der Waals surface area contributed by atoms with Crippen LogP contribution < -0.4 is 0 Å². The Bertz CT molecular complexity index is 141. The van der Waals surface area contributed by atoms with Crippen LogP contribution in [0.3, 0.4) is 0 Å². The van der Waals surface area contributed by atoms with Gasteiger partial charge in [-0.2, -0.15) is 0 Å². The number of hydrogen-bond donors (Lipinski definition) is 0. The molecule has 2 bridgehead atoms. The van der Waals surface area contributed by atoms with E-state index in [1.54, 1.807) is 0 Å². The summed E-state index contributed by atoms with van der Waals surface area (Å²) in [5.41, 5.74) is 0. The van der Waals surface area contributed by atoms with E-state index in [1.165, 1.54) is 44.8 Å². The Morgan fingerprint density at radius 2 is 1.64 bits per heavy atom. The molecule has 0 radical (unpaired) electrons. The maximum atomic E-state index is 10.6. The number of hydrogen-bond acceptors (Lipinski definition) is 1. The normalized spacial score (nSPS) is 43.5. The maximum absolute atomic E-state index is 10.6. The van der Waals surface area contributed by atoms with Gasteiger partial charge in [0.05, 0.1) is 0 Å². The second-order valence-electron chi connectivity index (χ2n) is 4.27. The first-order valence-electron chi connectivity index (χ1n) is 4.84. The van der Waals surface area contributed by atoms with Crippen molar-refractivity contribution in [2.75, 3.05) is 0 Å². The van der Waals surface area contributed by atoms with Crippen molar-refractivity contribution in [1.29, 1.82) is 0 Å². The first-order chi connectivity index (χ1) is 5.38. The van der Waals surface area contributed by atoms with E-state index in [0.717, 1.165) is 11.8 Å². The van der Waals surface area contributed by atoms with Crippen LogP contribution in [0.2, 0.25) is 0 Å². The first-order valence-corrected chi connectivity index (χ1v) is 4.84. The van der Waals surface area contributed by atoms with E-state index in [0.29, 0.717) is 5.92 Å². The van der Waals surface area contributed by atoms with Crippen LogP contribution in [0, 0.1) is 17.8 Å². The zero-order valence-electron chi connectivity index (χ0n) is 6.96. The third kappa shape index (κ3) is 1.47. The second-order valence-corrected chi connectivity index (χ2v) is 4.27. The molecule has 2 aliphatic carbocycles. The van der Waals surface area contributed by atoms with Gasteiger partial charge in [0.1, 0.15) is 6.29 Å². The van der Waals surface area contributed by atoms with Crippen LogP contribution in [0.15, 0.2) is 0 Å². The number of rotatable bonds is 1. The number of carbonyl (C=O) groups is 1. The molecule has 62 valence electrons. The fraction of sp³-hybridized carbons (Fsp3) is 0.900. The van der Waals surface area contributed by atoms with Crippen LogP contribution in [0.5, 0.6) is 0 Å². The van der Waals surface area contributed by atoms with Crippen LogP contribution in [-0.4, -0.2) is 6.29 Å². The summed E-state index contributed by atoms with van der Waals surface area (Å²) in [5, 5.41) is 0. The summed E-state index contributed by atoms with van der Waals surface area (Å²) < 4.78 is 0. The first kappa shape index (κ1) is 7.33. The van der Waals surface area contributed by atoms with E-state index in [2.05, 4.69) is 0 Å². The third-order valence-corrected chi connectivity index (χ3v) is 3.36. The molecule has 11 heavy (non-hydrogen) atoms. The van der Waals surface area contributed by atoms with Gasteiger partial charge in [-0.3, -0.25) is 0 Å². The van der Waals surface area contributed by atoms with E-state index in [4.69, 9.17) is 0 Å². The summed E-state index contributed by atoms with van der Waals surface area (Å²) in [7, 11) is 0. The molecule has 1 heteroatoms. The van der Waals surface area contributed by atoms with Crippen LogP contribution in [0.25, 0.3) is 0 Å². The summed E-state index contributed by atoms with van der Waals surface area (Å²) >= 11 is 0. The van der Waals surface area contributed by atoms with Crippen molar-refractivity contribution in [2.24, 2.45) is 17.8 Å². The number of carbonyl (C=O) groups excluding carboxylic acids is 1. The summed E-state index contributed by atoms with van der Waals surface area (Å²) in [5.74, 6) is 2.22. The van der Waals surface area contributed by atoms with Crippen molar-refractivity contribution < 1.29 is 4.79 Å². The zero-order chi connectivity index (χ0) is 7.68. The minimum Gasteiger partial charge on any atom is -0.303 e. The highest BCUT2D eigenvalue weighted by molar-refractivity contribution is 5.53. The summed E-state index contributed by atoms with van der Waals surface area (Å²) in [6, 6.07) is 0. The van der Waals surface area contributed by atoms with Crippen LogP contribution >= 0.6 is 0 Å². The Labute approximate surface area is 68.2 Å². The highest BCUT2D eigenvalue weighted by atomic mass is 16.1. The molecule has 0 spiro atoms. The highest BCUT2D eigenvalue weighted by Gasteiger charge is 2.31. The van der Waals surface area contributed by atoms with E-state index in [9.17, 15) is 4.79 Å². The molecule has 0 amide bonds. The second kappa shape index (κ2) is 2.96. The molecular formula is C10H16O. The SMILES string of the molecule is O=CC1C[C@H]2CCC[C@@H](C1)C2. The standard InChI is InChI=1S/C10H16O/c11-7-10-5-8-2-1-3-9(4-8)6-10/h7-10H,1-6H2/t8-,9+,10?.